The minimum Gasteiger partial charge on any atom is -0.486 e. The van der Waals surface area contributed by atoms with E-state index in [0.717, 1.165) is 0 Å². The van der Waals surface area contributed by atoms with Gasteiger partial charge in [-0.1, -0.05) is 0 Å². The minimum atomic E-state index is -3.86. The molecule has 134 valence electrons. The van der Waals surface area contributed by atoms with Gasteiger partial charge in [-0.2, -0.15) is 0 Å². The Bertz CT molecular complexity index is 1170. The third kappa shape index (κ3) is 3.15. The van der Waals surface area contributed by atoms with Gasteiger partial charge in [0.25, 0.3) is 10.0 Å². The van der Waals surface area contributed by atoms with Crippen LogP contribution in [0, 0.1) is 0 Å². The number of benzene rings is 2. The maximum Gasteiger partial charge on any atom is 0.336 e. The van der Waals surface area contributed by atoms with E-state index >= 15 is 0 Å². The fourth-order valence-corrected chi connectivity index (χ4v) is 4.22. The number of rotatable bonds is 3. The summed E-state index contributed by atoms with van der Waals surface area (Å²) in [5, 5.41) is 0.508. The van der Waals surface area contributed by atoms with Gasteiger partial charge in [0.05, 0.1) is 10.6 Å². The van der Waals surface area contributed by atoms with Crippen LogP contribution < -0.4 is 19.8 Å². The van der Waals surface area contributed by atoms with Crippen molar-refractivity contribution >= 4 is 42.6 Å². The molecule has 0 aliphatic carbocycles. The van der Waals surface area contributed by atoms with E-state index in [4.69, 9.17) is 13.9 Å². The van der Waals surface area contributed by atoms with Gasteiger partial charge in [0.2, 0.25) is 0 Å². The fourth-order valence-electron chi connectivity index (χ4n) is 2.56. The highest BCUT2D eigenvalue weighted by Gasteiger charge is 2.20. The van der Waals surface area contributed by atoms with E-state index in [1.54, 1.807) is 12.1 Å². The van der Waals surface area contributed by atoms with Gasteiger partial charge in [0, 0.05) is 28.1 Å². The summed E-state index contributed by atoms with van der Waals surface area (Å²) in [6.45, 7) is 0.842. The van der Waals surface area contributed by atoms with Crippen LogP contribution >= 0.6 is 15.9 Å². The Kier molecular flexibility index (Phi) is 4.12. The van der Waals surface area contributed by atoms with Crippen LogP contribution in [-0.4, -0.2) is 21.6 Å². The second kappa shape index (κ2) is 6.33. The fraction of sp³-hybridized carbons (Fsp3) is 0.118. The summed E-state index contributed by atoms with van der Waals surface area (Å²) in [5.41, 5.74) is 0.150. The summed E-state index contributed by atoms with van der Waals surface area (Å²) in [6.07, 6.45) is 0. The number of hydrogen-bond acceptors (Lipinski definition) is 6. The van der Waals surface area contributed by atoms with Gasteiger partial charge < -0.3 is 13.9 Å². The van der Waals surface area contributed by atoms with Gasteiger partial charge in [0.15, 0.2) is 11.5 Å². The number of nitrogens with one attached hydrogen (secondary N) is 1. The largest absolute Gasteiger partial charge is 0.486 e. The first kappa shape index (κ1) is 16.9. The molecule has 26 heavy (non-hydrogen) atoms. The second-order valence-corrected chi connectivity index (χ2v) is 8.07. The molecule has 2 aromatic carbocycles. The van der Waals surface area contributed by atoms with Crippen molar-refractivity contribution in [1.29, 1.82) is 0 Å². The standard InChI is InChI=1S/C17H12BrNO6S/c18-12-8-15-16(24-6-5-23-15)9-13(12)19-26(21,22)11-2-3-14-10(7-11)1-4-17(20)25-14/h1-4,7-9,19H,5-6H2. The summed E-state index contributed by atoms with van der Waals surface area (Å²) < 4.78 is 44.5. The first-order valence-corrected chi connectivity index (χ1v) is 9.86. The van der Waals surface area contributed by atoms with Gasteiger partial charge in [-0.05, 0) is 40.2 Å². The number of sulfonamides is 1. The molecule has 0 radical (unpaired) electrons. The van der Waals surface area contributed by atoms with E-state index in [9.17, 15) is 13.2 Å². The van der Waals surface area contributed by atoms with E-state index in [0.29, 0.717) is 45.8 Å². The molecule has 0 saturated heterocycles. The lowest BCUT2D eigenvalue weighted by atomic mass is 10.2. The second-order valence-electron chi connectivity index (χ2n) is 5.54. The van der Waals surface area contributed by atoms with Crippen LogP contribution in [0.4, 0.5) is 5.69 Å². The van der Waals surface area contributed by atoms with Crippen molar-refractivity contribution in [2.45, 2.75) is 4.90 Å². The molecule has 1 aliphatic heterocycles. The monoisotopic (exact) mass is 437 g/mol. The molecule has 3 aromatic rings. The van der Waals surface area contributed by atoms with E-state index in [1.165, 1.54) is 30.3 Å². The summed E-state index contributed by atoms with van der Waals surface area (Å²) >= 11 is 3.34. The number of halogens is 1. The summed E-state index contributed by atoms with van der Waals surface area (Å²) in [5.74, 6) is 1.02. The molecule has 7 nitrogen and oxygen atoms in total. The Hall–Kier alpha value is -2.52. The van der Waals surface area contributed by atoms with Gasteiger partial charge in [-0.3, -0.25) is 4.72 Å². The lowest BCUT2D eigenvalue weighted by Crippen LogP contribution is -2.17. The topological polar surface area (TPSA) is 94.8 Å². The van der Waals surface area contributed by atoms with Crippen molar-refractivity contribution in [3.05, 3.63) is 57.4 Å². The molecule has 0 fully saturated rings. The number of hydrogen-bond donors (Lipinski definition) is 1. The predicted molar refractivity (Wildman–Crippen MR) is 98.4 cm³/mol. The number of anilines is 1. The highest BCUT2D eigenvalue weighted by molar-refractivity contribution is 9.10. The SMILES string of the molecule is O=c1ccc2cc(S(=O)(=O)Nc3cc4c(cc3Br)OCCO4)ccc2o1. The maximum atomic E-state index is 12.7. The van der Waals surface area contributed by atoms with Crippen molar-refractivity contribution in [1.82, 2.24) is 0 Å². The third-order valence-electron chi connectivity index (χ3n) is 3.78. The van der Waals surface area contributed by atoms with Gasteiger partial charge in [-0.25, -0.2) is 13.2 Å². The quantitative estimate of drug-likeness (QED) is 0.632. The zero-order chi connectivity index (χ0) is 18.3. The lowest BCUT2D eigenvalue weighted by Gasteiger charge is -2.20. The van der Waals surface area contributed by atoms with Gasteiger partial charge in [-0.15, -0.1) is 0 Å². The Morgan fingerprint density at radius 2 is 1.69 bits per heavy atom. The number of ether oxygens (including phenoxy) is 2. The number of fused-ring (bicyclic) bond motifs is 2. The van der Waals surface area contributed by atoms with Crippen LogP contribution in [0.2, 0.25) is 0 Å². The first-order valence-electron chi connectivity index (χ1n) is 7.58. The molecule has 1 aromatic heterocycles. The van der Waals surface area contributed by atoms with Crippen molar-refractivity contribution < 1.29 is 22.3 Å². The van der Waals surface area contributed by atoms with E-state index in [2.05, 4.69) is 20.7 Å². The van der Waals surface area contributed by atoms with Crippen LogP contribution in [-0.2, 0) is 10.0 Å². The normalized spacial score (nSPS) is 13.6. The molecule has 0 unspecified atom stereocenters. The molecule has 0 saturated carbocycles. The smallest absolute Gasteiger partial charge is 0.336 e. The molecular weight excluding hydrogens is 426 g/mol. The molecule has 0 spiro atoms. The van der Waals surface area contributed by atoms with Crippen molar-refractivity contribution in [3.8, 4) is 11.5 Å². The van der Waals surface area contributed by atoms with Crippen molar-refractivity contribution in [2.24, 2.45) is 0 Å². The average Bonchev–Trinajstić information content (AvgIpc) is 2.61. The highest BCUT2D eigenvalue weighted by atomic mass is 79.9. The Morgan fingerprint density at radius 3 is 2.46 bits per heavy atom. The van der Waals surface area contributed by atoms with Crippen LogP contribution in [0.15, 0.2) is 61.0 Å². The van der Waals surface area contributed by atoms with E-state index in [-0.39, 0.29) is 4.90 Å². The summed E-state index contributed by atoms with van der Waals surface area (Å²) in [7, 11) is -3.86. The average molecular weight is 438 g/mol. The molecule has 9 heteroatoms. The van der Waals surface area contributed by atoms with Crippen molar-refractivity contribution in [2.75, 3.05) is 17.9 Å². The molecule has 2 heterocycles. The van der Waals surface area contributed by atoms with E-state index < -0.39 is 15.6 Å². The molecule has 1 N–H and O–H groups in total. The van der Waals surface area contributed by atoms with Crippen LogP contribution in [0.3, 0.4) is 0 Å². The van der Waals surface area contributed by atoms with Crippen LogP contribution in [0.1, 0.15) is 0 Å². The Balaban J connectivity index is 1.71. The molecule has 0 atom stereocenters. The summed E-state index contributed by atoms with van der Waals surface area (Å²) in [4.78, 5) is 11.3. The Morgan fingerprint density at radius 1 is 0.962 bits per heavy atom. The molecule has 1 aliphatic rings. The van der Waals surface area contributed by atoms with Gasteiger partial charge >= 0.3 is 5.63 Å². The molecule has 0 amide bonds. The molecule has 4 rings (SSSR count). The minimum absolute atomic E-state index is 0.0423. The third-order valence-corrected chi connectivity index (χ3v) is 5.80. The Labute approximate surface area is 156 Å². The summed E-state index contributed by atoms with van der Waals surface area (Å²) in [6, 6.07) is 10.2. The van der Waals surface area contributed by atoms with Crippen LogP contribution in [0.5, 0.6) is 11.5 Å². The maximum absolute atomic E-state index is 12.7. The van der Waals surface area contributed by atoms with E-state index in [1.807, 2.05) is 0 Å². The van der Waals surface area contributed by atoms with Gasteiger partial charge in [0.1, 0.15) is 18.8 Å². The van der Waals surface area contributed by atoms with Crippen molar-refractivity contribution in [3.63, 3.8) is 0 Å². The zero-order valence-corrected chi connectivity index (χ0v) is 15.6. The highest BCUT2D eigenvalue weighted by Crippen LogP contribution is 2.39. The molecule has 0 bridgehead atoms. The first-order chi connectivity index (χ1) is 12.4. The molecular formula is C17H12BrNO6S. The zero-order valence-electron chi connectivity index (χ0n) is 13.2. The predicted octanol–water partition coefficient (Wildman–Crippen LogP) is 3.13. The van der Waals surface area contributed by atoms with Crippen LogP contribution in [0.25, 0.3) is 11.0 Å². The lowest BCUT2D eigenvalue weighted by molar-refractivity contribution is 0.171.